The minimum atomic E-state index is 0.432. The van der Waals surface area contributed by atoms with Crippen LogP contribution in [0.2, 0.25) is 0 Å². The molecule has 3 rings (SSSR count). The molecule has 0 amide bonds. The van der Waals surface area contributed by atoms with E-state index in [-0.39, 0.29) is 0 Å². The fourth-order valence-electron chi connectivity index (χ4n) is 2.86. The SMILES string of the molecule is CC(C)Cn1ncnc1CNC1CCOC1C1CC1. The van der Waals surface area contributed by atoms with E-state index < -0.39 is 0 Å². The van der Waals surface area contributed by atoms with Gasteiger partial charge in [0.25, 0.3) is 0 Å². The van der Waals surface area contributed by atoms with E-state index in [1.165, 1.54) is 12.8 Å². The second kappa shape index (κ2) is 5.59. The number of nitrogens with one attached hydrogen (secondary N) is 1. The monoisotopic (exact) mass is 264 g/mol. The summed E-state index contributed by atoms with van der Waals surface area (Å²) in [5.41, 5.74) is 0. The molecular weight excluding hydrogens is 240 g/mol. The highest BCUT2D eigenvalue weighted by Gasteiger charge is 2.40. The Labute approximate surface area is 114 Å². The van der Waals surface area contributed by atoms with Crippen molar-refractivity contribution in [2.45, 2.75) is 58.3 Å². The van der Waals surface area contributed by atoms with Crippen molar-refractivity contribution in [1.29, 1.82) is 0 Å². The van der Waals surface area contributed by atoms with Crippen molar-refractivity contribution in [3.8, 4) is 0 Å². The molecule has 1 aliphatic heterocycles. The summed E-state index contributed by atoms with van der Waals surface area (Å²) in [6.07, 6.45) is 5.89. The first kappa shape index (κ1) is 13.1. The van der Waals surface area contributed by atoms with Gasteiger partial charge in [-0.1, -0.05) is 13.8 Å². The number of aromatic nitrogens is 3. The molecule has 106 valence electrons. The molecule has 1 aliphatic carbocycles. The first-order valence-electron chi connectivity index (χ1n) is 7.45. The molecule has 2 aliphatic rings. The normalized spacial score (nSPS) is 27.3. The second-order valence-corrected chi connectivity index (χ2v) is 6.20. The summed E-state index contributed by atoms with van der Waals surface area (Å²) in [6.45, 7) is 7.03. The van der Waals surface area contributed by atoms with Crippen LogP contribution in [0.15, 0.2) is 6.33 Å². The van der Waals surface area contributed by atoms with Gasteiger partial charge in [-0.05, 0) is 31.1 Å². The van der Waals surface area contributed by atoms with Crippen molar-refractivity contribution in [1.82, 2.24) is 20.1 Å². The van der Waals surface area contributed by atoms with E-state index in [1.807, 2.05) is 4.68 Å². The van der Waals surface area contributed by atoms with Gasteiger partial charge in [-0.3, -0.25) is 0 Å². The van der Waals surface area contributed by atoms with E-state index in [0.29, 0.717) is 18.1 Å². The minimum absolute atomic E-state index is 0.432. The summed E-state index contributed by atoms with van der Waals surface area (Å²) in [4.78, 5) is 4.36. The van der Waals surface area contributed by atoms with Crippen LogP contribution >= 0.6 is 0 Å². The van der Waals surface area contributed by atoms with E-state index in [0.717, 1.165) is 37.9 Å². The maximum atomic E-state index is 5.85. The zero-order valence-electron chi connectivity index (χ0n) is 11.9. The summed E-state index contributed by atoms with van der Waals surface area (Å²) < 4.78 is 7.86. The molecule has 1 saturated carbocycles. The Bertz CT molecular complexity index is 413. The lowest BCUT2D eigenvalue weighted by Gasteiger charge is -2.19. The molecule has 1 aromatic heterocycles. The van der Waals surface area contributed by atoms with Crippen molar-refractivity contribution in [2.75, 3.05) is 6.61 Å². The zero-order chi connectivity index (χ0) is 13.2. The highest BCUT2D eigenvalue weighted by atomic mass is 16.5. The summed E-state index contributed by atoms with van der Waals surface area (Å²) in [6, 6.07) is 0.497. The molecule has 2 atom stereocenters. The number of nitrogens with zero attached hydrogens (tertiary/aromatic N) is 3. The number of ether oxygens (including phenoxy) is 1. The van der Waals surface area contributed by atoms with E-state index in [9.17, 15) is 0 Å². The van der Waals surface area contributed by atoms with Crippen molar-refractivity contribution >= 4 is 0 Å². The summed E-state index contributed by atoms with van der Waals surface area (Å²) in [5.74, 6) is 2.43. The number of rotatable bonds is 6. The van der Waals surface area contributed by atoms with Crippen LogP contribution in [-0.2, 0) is 17.8 Å². The van der Waals surface area contributed by atoms with Crippen LogP contribution in [0.25, 0.3) is 0 Å². The second-order valence-electron chi connectivity index (χ2n) is 6.20. The Balaban J connectivity index is 1.55. The molecule has 1 N–H and O–H groups in total. The van der Waals surface area contributed by atoms with Crippen molar-refractivity contribution in [3.63, 3.8) is 0 Å². The molecule has 1 saturated heterocycles. The molecule has 19 heavy (non-hydrogen) atoms. The Hall–Kier alpha value is -0.940. The highest BCUT2D eigenvalue weighted by molar-refractivity contribution is 4.95. The van der Waals surface area contributed by atoms with Crippen LogP contribution < -0.4 is 5.32 Å². The Morgan fingerprint density at radius 3 is 3.00 bits per heavy atom. The third kappa shape index (κ3) is 3.15. The van der Waals surface area contributed by atoms with E-state index >= 15 is 0 Å². The van der Waals surface area contributed by atoms with E-state index in [2.05, 4.69) is 29.2 Å². The molecule has 5 nitrogen and oxygen atoms in total. The van der Waals surface area contributed by atoms with Gasteiger partial charge in [-0.15, -0.1) is 0 Å². The van der Waals surface area contributed by atoms with Crippen LogP contribution in [-0.4, -0.2) is 33.5 Å². The van der Waals surface area contributed by atoms with Crippen LogP contribution in [0.3, 0.4) is 0 Å². The minimum Gasteiger partial charge on any atom is -0.376 e. The molecule has 0 radical (unpaired) electrons. The third-order valence-electron chi connectivity index (χ3n) is 3.98. The standard InChI is InChI=1S/C14H24N4O/c1-10(2)8-18-13(16-9-17-18)7-15-12-5-6-19-14(12)11-3-4-11/h9-12,14-15H,3-8H2,1-2H3. The average molecular weight is 264 g/mol. The fraction of sp³-hybridized carbons (Fsp3) is 0.857. The molecule has 0 aromatic carbocycles. The summed E-state index contributed by atoms with van der Waals surface area (Å²) >= 11 is 0. The van der Waals surface area contributed by atoms with Crippen LogP contribution in [0.1, 0.15) is 38.9 Å². The van der Waals surface area contributed by atoms with Crippen LogP contribution in [0.5, 0.6) is 0 Å². The predicted molar refractivity (Wildman–Crippen MR) is 72.6 cm³/mol. The van der Waals surface area contributed by atoms with Crippen molar-refractivity contribution in [3.05, 3.63) is 12.2 Å². The molecule has 5 heteroatoms. The van der Waals surface area contributed by atoms with Gasteiger partial charge in [0, 0.05) is 19.2 Å². The maximum Gasteiger partial charge on any atom is 0.140 e. The van der Waals surface area contributed by atoms with Gasteiger partial charge in [-0.25, -0.2) is 9.67 Å². The van der Waals surface area contributed by atoms with Crippen LogP contribution in [0, 0.1) is 11.8 Å². The zero-order valence-corrected chi connectivity index (χ0v) is 11.9. The smallest absolute Gasteiger partial charge is 0.140 e. The van der Waals surface area contributed by atoms with Gasteiger partial charge in [-0.2, -0.15) is 5.10 Å². The predicted octanol–water partition coefficient (Wildman–Crippen LogP) is 1.59. The average Bonchev–Trinajstić information content (AvgIpc) is 2.95. The quantitative estimate of drug-likeness (QED) is 0.848. The van der Waals surface area contributed by atoms with Gasteiger partial charge in [0.15, 0.2) is 0 Å². The molecule has 0 bridgehead atoms. The topological polar surface area (TPSA) is 52.0 Å². The lowest BCUT2D eigenvalue weighted by Crippen LogP contribution is -2.37. The summed E-state index contributed by atoms with van der Waals surface area (Å²) in [7, 11) is 0. The Morgan fingerprint density at radius 2 is 2.26 bits per heavy atom. The maximum absolute atomic E-state index is 5.85. The first-order valence-corrected chi connectivity index (χ1v) is 7.45. The van der Waals surface area contributed by atoms with Gasteiger partial charge >= 0.3 is 0 Å². The number of hydrogen-bond acceptors (Lipinski definition) is 4. The van der Waals surface area contributed by atoms with E-state index in [4.69, 9.17) is 4.74 Å². The third-order valence-corrected chi connectivity index (χ3v) is 3.98. The lowest BCUT2D eigenvalue weighted by molar-refractivity contribution is 0.0806. The van der Waals surface area contributed by atoms with Gasteiger partial charge < -0.3 is 10.1 Å². The number of hydrogen-bond donors (Lipinski definition) is 1. The Kier molecular flexibility index (Phi) is 3.84. The van der Waals surface area contributed by atoms with Gasteiger partial charge in [0.2, 0.25) is 0 Å². The molecule has 1 aromatic rings. The molecule has 2 heterocycles. The van der Waals surface area contributed by atoms with Crippen molar-refractivity contribution < 1.29 is 4.74 Å². The van der Waals surface area contributed by atoms with E-state index in [1.54, 1.807) is 6.33 Å². The first-order chi connectivity index (χ1) is 9.24. The molecule has 2 fully saturated rings. The highest BCUT2D eigenvalue weighted by Crippen LogP contribution is 2.38. The molecular formula is C14H24N4O. The summed E-state index contributed by atoms with van der Waals surface area (Å²) in [5, 5.41) is 7.92. The largest absolute Gasteiger partial charge is 0.376 e. The fourth-order valence-corrected chi connectivity index (χ4v) is 2.86. The molecule has 2 unspecified atom stereocenters. The lowest BCUT2D eigenvalue weighted by atomic mass is 10.1. The Morgan fingerprint density at radius 1 is 1.42 bits per heavy atom. The molecule has 0 spiro atoms. The van der Waals surface area contributed by atoms with Gasteiger partial charge in [0.1, 0.15) is 12.2 Å². The van der Waals surface area contributed by atoms with Crippen LogP contribution in [0.4, 0.5) is 0 Å². The van der Waals surface area contributed by atoms with Crippen molar-refractivity contribution in [2.24, 2.45) is 11.8 Å². The van der Waals surface area contributed by atoms with Gasteiger partial charge in [0.05, 0.1) is 12.6 Å².